The monoisotopic (exact) mass is 288 g/mol. The molecule has 1 fully saturated rings. The molecule has 2 rings (SSSR count). The summed E-state index contributed by atoms with van der Waals surface area (Å²) in [6.45, 7) is 8.94. The van der Waals surface area contributed by atoms with E-state index in [1.807, 2.05) is 13.0 Å². The molecule has 0 bridgehead atoms. The minimum atomic E-state index is -0.354. The molecule has 0 aliphatic heterocycles. The number of carbonyl (C=O) groups excluding carboxylic acids is 1. The van der Waals surface area contributed by atoms with E-state index in [0.717, 1.165) is 11.3 Å². The average Bonchev–Trinajstić information content (AvgIpc) is 2.40. The SMILES string of the molecule is Cc1c(NC2CCCCC2C(C)(C)C)cccc1C(N)=O. The zero-order valence-corrected chi connectivity index (χ0v) is 13.7. The Morgan fingerprint density at radius 1 is 1.24 bits per heavy atom. The van der Waals surface area contributed by atoms with Gasteiger partial charge in [-0.05, 0) is 48.8 Å². The molecule has 1 saturated carbocycles. The van der Waals surface area contributed by atoms with Gasteiger partial charge in [-0.25, -0.2) is 0 Å². The van der Waals surface area contributed by atoms with E-state index in [4.69, 9.17) is 5.73 Å². The van der Waals surface area contributed by atoms with Gasteiger partial charge in [-0.15, -0.1) is 0 Å². The molecule has 1 amide bonds. The van der Waals surface area contributed by atoms with Crippen LogP contribution >= 0.6 is 0 Å². The molecule has 1 aliphatic rings. The van der Waals surface area contributed by atoms with Gasteiger partial charge in [0.1, 0.15) is 0 Å². The normalized spacial score (nSPS) is 22.9. The van der Waals surface area contributed by atoms with Crippen molar-refractivity contribution in [3.8, 4) is 0 Å². The third-order valence-electron chi connectivity index (χ3n) is 4.82. The molecular weight excluding hydrogens is 260 g/mol. The highest BCUT2D eigenvalue weighted by Crippen LogP contribution is 2.39. The summed E-state index contributed by atoms with van der Waals surface area (Å²) in [5, 5.41) is 3.69. The lowest BCUT2D eigenvalue weighted by Crippen LogP contribution is -2.40. The van der Waals surface area contributed by atoms with Gasteiger partial charge in [-0.1, -0.05) is 39.7 Å². The lowest BCUT2D eigenvalue weighted by Gasteiger charge is -2.41. The van der Waals surface area contributed by atoms with Gasteiger partial charge in [0.05, 0.1) is 0 Å². The Morgan fingerprint density at radius 3 is 2.52 bits per heavy atom. The van der Waals surface area contributed by atoms with E-state index in [2.05, 4.69) is 32.2 Å². The second-order valence-corrected chi connectivity index (χ2v) is 7.35. The van der Waals surface area contributed by atoms with Crippen LogP contribution in [0.3, 0.4) is 0 Å². The van der Waals surface area contributed by atoms with Gasteiger partial charge in [0, 0.05) is 17.3 Å². The standard InChI is InChI=1S/C18H28N2O/c1-12-13(17(19)21)8-7-11-15(12)20-16-10-6-5-9-14(16)18(2,3)4/h7-8,11,14,16,20H,5-6,9-10H2,1-4H3,(H2,19,21). The smallest absolute Gasteiger partial charge is 0.249 e. The van der Waals surface area contributed by atoms with Crippen LogP contribution in [-0.2, 0) is 0 Å². The first-order valence-electron chi connectivity index (χ1n) is 7.96. The first-order chi connectivity index (χ1) is 9.80. The van der Waals surface area contributed by atoms with Crippen molar-refractivity contribution in [2.45, 2.75) is 59.4 Å². The van der Waals surface area contributed by atoms with Crippen molar-refractivity contribution < 1.29 is 4.79 Å². The Balaban J connectivity index is 2.24. The van der Waals surface area contributed by atoms with E-state index in [0.29, 0.717) is 22.9 Å². The lowest BCUT2D eigenvalue weighted by molar-refractivity contribution is 0.0999. The van der Waals surface area contributed by atoms with Crippen LogP contribution in [0.25, 0.3) is 0 Å². The first kappa shape index (κ1) is 15.9. The summed E-state index contributed by atoms with van der Waals surface area (Å²) in [5.41, 5.74) is 8.37. The van der Waals surface area contributed by atoms with Crippen molar-refractivity contribution in [1.29, 1.82) is 0 Å². The summed E-state index contributed by atoms with van der Waals surface area (Å²) in [4.78, 5) is 11.5. The number of benzene rings is 1. The summed E-state index contributed by atoms with van der Waals surface area (Å²) in [6, 6.07) is 6.23. The number of primary amides is 1. The number of anilines is 1. The second kappa shape index (κ2) is 6.08. The topological polar surface area (TPSA) is 55.1 Å². The zero-order valence-electron chi connectivity index (χ0n) is 13.7. The summed E-state index contributed by atoms with van der Waals surface area (Å²) in [5.74, 6) is 0.301. The minimum Gasteiger partial charge on any atom is -0.382 e. The highest BCUT2D eigenvalue weighted by Gasteiger charge is 2.34. The summed E-state index contributed by atoms with van der Waals surface area (Å²) < 4.78 is 0. The van der Waals surface area contributed by atoms with Crippen LogP contribution in [0.1, 0.15) is 62.4 Å². The summed E-state index contributed by atoms with van der Waals surface area (Å²) in [7, 11) is 0. The maximum Gasteiger partial charge on any atom is 0.249 e. The molecule has 1 aliphatic carbocycles. The van der Waals surface area contributed by atoms with Gasteiger partial charge < -0.3 is 11.1 Å². The highest BCUT2D eigenvalue weighted by atomic mass is 16.1. The molecule has 3 heteroatoms. The fraction of sp³-hybridized carbons (Fsp3) is 0.611. The Hall–Kier alpha value is -1.51. The number of nitrogens with one attached hydrogen (secondary N) is 1. The van der Waals surface area contributed by atoms with E-state index < -0.39 is 0 Å². The number of hydrogen-bond acceptors (Lipinski definition) is 2. The number of amides is 1. The maximum absolute atomic E-state index is 11.5. The molecule has 0 radical (unpaired) electrons. The molecule has 116 valence electrons. The van der Waals surface area contributed by atoms with Gasteiger partial charge in [-0.3, -0.25) is 4.79 Å². The number of hydrogen-bond donors (Lipinski definition) is 2. The number of rotatable bonds is 3. The molecular formula is C18H28N2O. The van der Waals surface area contributed by atoms with Crippen LogP contribution in [0.5, 0.6) is 0 Å². The molecule has 3 N–H and O–H groups in total. The van der Waals surface area contributed by atoms with Gasteiger partial charge in [0.15, 0.2) is 0 Å². The molecule has 1 aromatic carbocycles. The fourth-order valence-corrected chi connectivity index (χ4v) is 3.60. The van der Waals surface area contributed by atoms with Crippen molar-refractivity contribution >= 4 is 11.6 Å². The molecule has 0 aromatic heterocycles. The Morgan fingerprint density at radius 2 is 1.90 bits per heavy atom. The highest BCUT2D eigenvalue weighted by molar-refractivity contribution is 5.95. The number of nitrogens with two attached hydrogens (primary N) is 1. The summed E-state index contributed by atoms with van der Waals surface area (Å²) in [6.07, 6.45) is 5.07. The van der Waals surface area contributed by atoms with Gasteiger partial charge in [0.2, 0.25) is 5.91 Å². The van der Waals surface area contributed by atoms with Gasteiger partial charge in [-0.2, -0.15) is 0 Å². The molecule has 1 aromatic rings. The second-order valence-electron chi connectivity index (χ2n) is 7.35. The third kappa shape index (κ3) is 3.58. The molecule has 21 heavy (non-hydrogen) atoms. The van der Waals surface area contributed by atoms with Crippen molar-refractivity contribution in [2.24, 2.45) is 17.1 Å². The molecule has 0 saturated heterocycles. The minimum absolute atomic E-state index is 0.299. The quantitative estimate of drug-likeness (QED) is 0.879. The average molecular weight is 288 g/mol. The van der Waals surface area contributed by atoms with Crippen molar-refractivity contribution in [3.05, 3.63) is 29.3 Å². The largest absolute Gasteiger partial charge is 0.382 e. The molecule has 0 spiro atoms. The Bertz CT molecular complexity index is 516. The Kier molecular flexibility index (Phi) is 4.60. The summed E-state index contributed by atoms with van der Waals surface area (Å²) >= 11 is 0. The van der Waals surface area contributed by atoms with Crippen molar-refractivity contribution in [3.63, 3.8) is 0 Å². The van der Waals surface area contributed by atoms with E-state index in [1.54, 1.807) is 6.07 Å². The maximum atomic E-state index is 11.5. The molecule has 0 heterocycles. The van der Waals surface area contributed by atoms with E-state index in [9.17, 15) is 4.79 Å². The van der Waals surface area contributed by atoms with Crippen LogP contribution in [0, 0.1) is 18.3 Å². The van der Waals surface area contributed by atoms with E-state index >= 15 is 0 Å². The van der Waals surface area contributed by atoms with Crippen LogP contribution in [-0.4, -0.2) is 11.9 Å². The predicted molar refractivity (Wildman–Crippen MR) is 88.5 cm³/mol. The fourth-order valence-electron chi connectivity index (χ4n) is 3.60. The van der Waals surface area contributed by atoms with E-state index in [1.165, 1.54) is 25.7 Å². The van der Waals surface area contributed by atoms with Gasteiger partial charge in [0.25, 0.3) is 0 Å². The Labute approximate surface area is 128 Å². The van der Waals surface area contributed by atoms with Crippen LogP contribution in [0.2, 0.25) is 0 Å². The van der Waals surface area contributed by atoms with Crippen LogP contribution in [0.4, 0.5) is 5.69 Å². The molecule has 3 nitrogen and oxygen atoms in total. The van der Waals surface area contributed by atoms with Gasteiger partial charge >= 0.3 is 0 Å². The molecule has 2 atom stereocenters. The zero-order chi connectivity index (χ0) is 15.6. The lowest BCUT2D eigenvalue weighted by atomic mass is 9.69. The van der Waals surface area contributed by atoms with Crippen molar-refractivity contribution in [1.82, 2.24) is 0 Å². The molecule has 2 unspecified atom stereocenters. The van der Waals surface area contributed by atoms with E-state index in [-0.39, 0.29) is 5.91 Å². The number of carbonyl (C=O) groups is 1. The predicted octanol–water partition coefficient (Wildman–Crippen LogP) is 4.11. The van der Waals surface area contributed by atoms with Crippen molar-refractivity contribution in [2.75, 3.05) is 5.32 Å². The first-order valence-corrected chi connectivity index (χ1v) is 7.96. The van der Waals surface area contributed by atoms with Crippen LogP contribution in [0.15, 0.2) is 18.2 Å². The third-order valence-corrected chi connectivity index (χ3v) is 4.82. The van der Waals surface area contributed by atoms with Crippen LogP contribution < -0.4 is 11.1 Å².